The number of benzene rings is 8. The van der Waals surface area contributed by atoms with Gasteiger partial charge in [-0.25, -0.2) is 0 Å². The minimum atomic E-state index is -0.380. The maximum Gasteiger partial charge on any atom is 0.101 e. The number of hydrogen-bond donors (Lipinski definition) is 2. The van der Waals surface area contributed by atoms with Gasteiger partial charge in [-0.2, -0.15) is 0 Å². The van der Waals surface area contributed by atoms with Crippen molar-refractivity contribution < 1.29 is 0 Å². The van der Waals surface area contributed by atoms with Crippen LogP contribution in [-0.4, -0.2) is 0 Å². The van der Waals surface area contributed by atoms with Crippen molar-refractivity contribution in [3.05, 3.63) is 210 Å². The molecule has 1 heterocycles. The molecule has 3 heteroatoms. The lowest BCUT2D eigenvalue weighted by atomic mass is 9.81. The zero-order valence-corrected chi connectivity index (χ0v) is 32.4. The Morgan fingerprint density at radius 3 is 2.16 bits per heavy atom. The van der Waals surface area contributed by atoms with Gasteiger partial charge in [-0.3, -0.25) is 0 Å². The van der Waals surface area contributed by atoms with Gasteiger partial charge < -0.3 is 11.1 Å². The molecule has 0 amide bonds. The summed E-state index contributed by atoms with van der Waals surface area (Å²) in [5, 5.41) is 8.95. The van der Waals surface area contributed by atoms with Crippen LogP contribution in [0.4, 0.5) is 0 Å². The van der Waals surface area contributed by atoms with Crippen LogP contribution in [0.15, 0.2) is 182 Å². The Hall–Kier alpha value is -6.26. The fourth-order valence-corrected chi connectivity index (χ4v) is 10.0. The molecule has 2 nitrogen and oxygen atoms in total. The van der Waals surface area contributed by atoms with E-state index in [4.69, 9.17) is 5.73 Å². The van der Waals surface area contributed by atoms with E-state index in [-0.39, 0.29) is 11.6 Å². The average molecular weight is 739 g/mol. The van der Waals surface area contributed by atoms with Gasteiger partial charge in [0.1, 0.15) is 6.17 Å². The quantitative estimate of drug-likeness (QED) is 0.152. The number of hydrogen-bond acceptors (Lipinski definition) is 3. The van der Waals surface area contributed by atoms with Crippen LogP contribution in [0.2, 0.25) is 0 Å². The summed E-state index contributed by atoms with van der Waals surface area (Å²) in [4.78, 5) is 0. The van der Waals surface area contributed by atoms with Gasteiger partial charge in [0.05, 0.1) is 0 Å². The number of rotatable bonds is 8. The second-order valence-electron chi connectivity index (χ2n) is 15.5. The van der Waals surface area contributed by atoms with E-state index in [2.05, 4.69) is 183 Å². The molecule has 8 aromatic carbocycles. The minimum absolute atomic E-state index is 0.107. The monoisotopic (exact) mass is 738 g/mol. The first kappa shape index (κ1) is 34.2. The van der Waals surface area contributed by atoms with E-state index in [0.29, 0.717) is 0 Å². The van der Waals surface area contributed by atoms with E-state index in [1.165, 1.54) is 81.0 Å². The normalized spacial score (nSPS) is 13.9. The number of fused-ring (bicyclic) bond motifs is 7. The molecule has 270 valence electrons. The third-order valence-electron chi connectivity index (χ3n) is 11.8. The van der Waals surface area contributed by atoms with E-state index >= 15 is 0 Å². The SMILES string of the molecule is CC1(C)c2cc3ccccc3cc2-c2c(-c3cccc(/C(=C/Cc4ccccc4-c4cccc5sc6ccccc6c45)NC(N)c4ccccc4)c3)cccc21. The lowest BCUT2D eigenvalue weighted by Gasteiger charge is -2.22. The second-order valence-corrected chi connectivity index (χ2v) is 16.6. The minimum Gasteiger partial charge on any atom is -0.366 e. The molecule has 56 heavy (non-hydrogen) atoms. The van der Waals surface area contributed by atoms with Crippen LogP contribution < -0.4 is 11.1 Å². The molecule has 0 radical (unpaired) electrons. The Labute approximate surface area is 332 Å². The fraction of sp³-hybridized carbons (Fsp3) is 0.0943. The predicted octanol–water partition coefficient (Wildman–Crippen LogP) is 13.7. The Morgan fingerprint density at radius 2 is 1.29 bits per heavy atom. The van der Waals surface area contributed by atoms with Crippen molar-refractivity contribution in [1.82, 2.24) is 5.32 Å². The summed E-state index contributed by atoms with van der Waals surface area (Å²) in [6.07, 6.45) is 2.68. The van der Waals surface area contributed by atoms with E-state index < -0.39 is 0 Å². The summed E-state index contributed by atoms with van der Waals surface area (Å²) < 4.78 is 2.63. The van der Waals surface area contributed by atoms with Gasteiger partial charge in [0.25, 0.3) is 0 Å². The van der Waals surface area contributed by atoms with Gasteiger partial charge in [-0.15, -0.1) is 11.3 Å². The zero-order valence-electron chi connectivity index (χ0n) is 31.6. The molecule has 0 bridgehead atoms. The maximum atomic E-state index is 6.93. The molecule has 0 aliphatic heterocycles. The molecule has 1 aliphatic rings. The van der Waals surface area contributed by atoms with Crippen LogP contribution in [0.3, 0.4) is 0 Å². The highest BCUT2D eigenvalue weighted by Gasteiger charge is 2.37. The molecule has 10 rings (SSSR count). The molecule has 0 fully saturated rings. The highest BCUT2D eigenvalue weighted by molar-refractivity contribution is 7.25. The van der Waals surface area contributed by atoms with Crippen molar-refractivity contribution in [2.75, 3.05) is 0 Å². The molecule has 3 N–H and O–H groups in total. The van der Waals surface area contributed by atoms with Crippen LogP contribution in [-0.2, 0) is 11.8 Å². The number of nitrogens with one attached hydrogen (secondary N) is 1. The summed E-state index contributed by atoms with van der Waals surface area (Å²) in [7, 11) is 0. The molecule has 0 saturated heterocycles. The molecule has 1 aromatic heterocycles. The number of allylic oxidation sites excluding steroid dienone is 1. The zero-order chi connectivity index (χ0) is 37.8. The summed E-state index contributed by atoms with van der Waals surface area (Å²) in [5.74, 6) is 0. The average Bonchev–Trinajstić information content (AvgIpc) is 3.74. The first-order valence-electron chi connectivity index (χ1n) is 19.5. The third kappa shape index (κ3) is 5.83. The van der Waals surface area contributed by atoms with Crippen LogP contribution in [0.1, 0.15) is 47.8 Å². The Balaban J connectivity index is 1.08. The second kappa shape index (κ2) is 13.8. The Kier molecular flexibility index (Phi) is 8.44. The molecule has 1 unspecified atom stereocenters. The topological polar surface area (TPSA) is 38.0 Å². The highest BCUT2D eigenvalue weighted by atomic mass is 32.1. The first-order valence-corrected chi connectivity index (χ1v) is 20.3. The molecular formula is C53H42N2S. The molecule has 9 aromatic rings. The number of nitrogens with two attached hydrogens (primary N) is 1. The molecule has 0 spiro atoms. The first-order chi connectivity index (χ1) is 27.4. The van der Waals surface area contributed by atoms with E-state index in [9.17, 15) is 0 Å². The lowest BCUT2D eigenvalue weighted by molar-refractivity contribution is 0.661. The van der Waals surface area contributed by atoms with Crippen molar-refractivity contribution in [2.45, 2.75) is 31.8 Å². The fourth-order valence-electron chi connectivity index (χ4n) is 8.91. The standard InChI is InChI=1S/C53H42N2S/c1-53(2)45-26-13-24-41(50(45)44-32-36-18-6-7-19-37(36)33-46(44)53)38-20-12-21-39(31-38)47(55-52(54)35-16-4-3-5-17-35)30-29-34-15-8-9-22-40(34)42-25-14-28-49-51(42)43-23-10-11-27-48(43)56-49/h3-28,30-33,52,55H,29,54H2,1-2H3/b47-30-. The maximum absolute atomic E-state index is 6.93. The Morgan fingerprint density at radius 1 is 0.607 bits per heavy atom. The van der Waals surface area contributed by atoms with Gasteiger partial charge in [0.15, 0.2) is 0 Å². The van der Waals surface area contributed by atoms with Gasteiger partial charge in [0, 0.05) is 31.3 Å². The van der Waals surface area contributed by atoms with Crippen molar-refractivity contribution in [3.8, 4) is 33.4 Å². The van der Waals surface area contributed by atoms with Crippen molar-refractivity contribution in [3.63, 3.8) is 0 Å². The molecule has 1 aliphatic carbocycles. The van der Waals surface area contributed by atoms with Gasteiger partial charge in [-0.05, 0) is 109 Å². The predicted molar refractivity (Wildman–Crippen MR) is 240 cm³/mol. The van der Waals surface area contributed by atoms with Crippen molar-refractivity contribution in [2.24, 2.45) is 5.73 Å². The van der Waals surface area contributed by atoms with Crippen LogP contribution in [0, 0.1) is 0 Å². The molecular weight excluding hydrogens is 697 g/mol. The highest BCUT2D eigenvalue weighted by Crippen LogP contribution is 2.53. The van der Waals surface area contributed by atoms with Crippen LogP contribution in [0.25, 0.3) is 70.0 Å². The molecule has 0 saturated carbocycles. The van der Waals surface area contributed by atoms with Crippen LogP contribution in [0.5, 0.6) is 0 Å². The van der Waals surface area contributed by atoms with Crippen LogP contribution >= 0.6 is 11.3 Å². The summed E-state index contributed by atoms with van der Waals surface area (Å²) in [5.41, 5.74) is 21.6. The van der Waals surface area contributed by atoms with E-state index in [0.717, 1.165) is 23.2 Å². The van der Waals surface area contributed by atoms with E-state index in [1.807, 2.05) is 29.5 Å². The summed E-state index contributed by atoms with van der Waals surface area (Å²) in [6, 6.07) is 63.9. The summed E-state index contributed by atoms with van der Waals surface area (Å²) in [6.45, 7) is 4.73. The van der Waals surface area contributed by atoms with Crippen molar-refractivity contribution >= 4 is 48.0 Å². The summed E-state index contributed by atoms with van der Waals surface area (Å²) >= 11 is 1.86. The molecule has 1 atom stereocenters. The third-order valence-corrected chi connectivity index (χ3v) is 12.9. The van der Waals surface area contributed by atoms with Gasteiger partial charge in [0.2, 0.25) is 0 Å². The number of thiophene rings is 1. The largest absolute Gasteiger partial charge is 0.366 e. The van der Waals surface area contributed by atoms with E-state index in [1.54, 1.807) is 0 Å². The smallest absolute Gasteiger partial charge is 0.101 e. The lowest BCUT2D eigenvalue weighted by Crippen LogP contribution is -2.27. The Bertz CT molecular complexity index is 2970. The van der Waals surface area contributed by atoms with Gasteiger partial charge >= 0.3 is 0 Å². The van der Waals surface area contributed by atoms with Crippen molar-refractivity contribution in [1.29, 1.82) is 0 Å². The van der Waals surface area contributed by atoms with Gasteiger partial charge in [-0.1, -0.05) is 166 Å².